The molecule has 1 N–H and O–H groups in total. The largest absolute Gasteiger partial charge is 1.00 e. The maximum Gasteiger partial charge on any atom is 1.00 e. The van der Waals surface area contributed by atoms with Gasteiger partial charge in [-0.05, 0) is 0 Å². The Morgan fingerprint density at radius 3 is 2.17 bits per heavy atom. The van der Waals surface area contributed by atoms with E-state index in [-0.39, 0.29) is 51.8 Å². The minimum absolute atomic E-state index is 0. The topological polar surface area (TPSA) is 89.7 Å². The van der Waals surface area contributed by atoms with Crippen LogP contribution < -0.4 is 37.7 Å². The minimum atomic E-state index is -1.49. The molecule has 0 atom stereocenters. The number of nitro groups is 1. The molecule has 12 heavy (non-hydrogen) atoms. The van der Waals surface area contributed by atoms with Gasteiger partial charge in [-0.2, -0.15) is 0 Å². The van der Waals surface area contributed by atoms with Gasteiger partial charge in [-0.25, -0.2) is 4.79 Å². The molecule has 0 aliphatic rings. The number of hydrogen-bond donors (Lipinski definition) is 1. The van der Waals surface area contributed by atoms with Crippen molar-refractivity contribution in [2.75, 3.05) is 13.2 Å². The molecule has 0 saturated carbocycles. The van der Waals surface area contributed by atoms with Crippen molar-refractivity contribution in [3.63, 3.8) is 0 Å². The van der Waals surface area contributed by atoms with Crippen LogP contribution >= 0.6 is 0 Å². The van der Waals surface area contributed by atoms with Gasteiger partial charge in [-0.15, -0.1) is 0 Å². The first kappa shape index (κ1) is 22.6. The second-order valence-corrected chi connectivity index (χ2v) is 1.17. The second kappa shape index (κ2) is 13.5. The molecule has 0 unspecified atom stereocenters. The molecule has 0 saturated heterocycles. The maximum absolute atomic E-state index is 9.54. The van der Waals surface area contributed by atoms with Crippen molar-refractivity contribution < 1.29 is 57.3 Å². The van der Waals surface area contributed by atoms with Crippen LogP contribution in [0.15, 0.2) is 0 Å². The number of nitrogens with zero attached hydrogens (tertiary/aromatic N) is 1. The van der Waals surface area contributed by atoms with E-state index in [1.54, 1.807) is 0 Å². The summed E-state index contributed by atoms with van der Waals surface area (Å²) in [6.45, 7) is -0.866. The Morgan fingerprint density at radius 1 is 1.50 bits per heavy atom. The van der Waals surface area contributed by atoms with Crippen LogP contribution in [0, 0.1) is 10.1 Å². The van der Waals surface area contributed by atoms with Gasteiger partial charge in [0.15, 0.2) is 6.61 Å². The number of carboxylic acid groups (broad SMARTS) is 1. The minimum Gasteiger partial charge on any atom is -0.450 e. The Labute approximate surface area is 94.2 Å². The molecule has 6 nitrogen and oxygen atoms in total. The Morgan fingerprint density at radius 2 is 1.92 bits per heavy atom. The molecule has 0 heterocycles. The normalized spacial score (nSPS) is 6.33. The van der Waals surface area contributed by atoms with Crippen molar-refractivity contribution in [3.05, 3.63) is 10.1 Å². The van der Waals surface area contributed by atoms with E-state index < -0.39 is 17.6 Å². The van der Waals surface area contributed by atoms with Crippen LogP contribution in [0.4, 0.5) is 4.79 Å². The first-order valence-corrected chi connectivity index (χ1v) is 2.10. The summed E-state index contributed by atoms with van der Waals surface area (Å²) in [6.07, 6.45) is -1.49. The number of hydrogen-bond acceptors (Lipinski definition) is 4. The van der Waals surface area contributed by atoms with Gasteiger partial charge in [0.2, 0.25) is 6.54 Å². The van der Waals surface area contributed by atoms with E-state index in [1.807, 2.05) is 0 Å². The molecule has 0 aromatic rings. The Hall–Kier alpha value is -0.135. The van der Waals surface area contributed by atoms with E-state index in [9.17, 15) is 14.9 Å². The SMILES string of the molecule is C.O=C(O)OCC[N+](=O)[O-].[Li+].[Li+]. The van der Waals surface area contributed by atoms with Crippen LogP contribution in [-0.2, 0) is 4.74 Å². The summed E-state index contributed by atoms with van der Waals surface area (Å²) in [5, 5.41) is 17.3. The first-order chi connectivity index (χ1) is 4.13. The molecule has 0 bridgehead atoms. The van der Waals surface area contributed by atoms with Gasteiger partial charge in [0.05, 0.1) is 0 Å². The van der Waals surface area contributed by atoms with Crippen LogP contribution in [0.3, 0.4) is 0 Å². The zero-order valence-electron chi connectivity index (χ0n) is 6.44. The van der Waals surface area contributed by atoms with Gasteiger partial charge in [-0.1, -0.05) is 7.43 Å². The standard InChI is InChI=1S/C3H5NO5.CH4.2Li/c5-3(6)9-2-1-4(7)8;;;/h1-2H2,(H,5,6);1H4;;/q;;2*+1. The summed E-state index contributed by atoms with van der Waals surface area (Å²) in [7, 11) is 0. The summed E-state index contributed by atoms with van der Waals surface area (Å²) in [6, 6.07) is 0. The quantitative estimate of drug-likeness (QED) is 0.195. The molecule has 0 fully saturated rings. The van der Waals surface area contributed by atoms with Crippen LogP contribution in [0.5, 0.6) is 0 Å². The third kappa shape index (κ3) is 22.5. The van der Waals surface area contributed by atoms with Gasteiger partial charge in [-0.3, -0.25) is 10.1 Å². The van der Waals surface area contributed by atoms with Crippen LogP contribution in [-0.4, -0.2) is 29.3 Å². The molecule has 0 spiro atoms. The molecule has 0 aromatic carbocycles. The van der Waals surface area contributed by atoms with Crippen molar-refractivity contribution in [2.24, 2.45) is 0 Å². The molecule has 0 aliphatic heterocycles. The second-order valence-electron chi connectivity index (χ2n) is 1.17. The summed E-state index contributed by atoms with van der Waals surface area (Å²) < 4.78 is 3.83. The van der Waals surface area contributed by atoms with Gasteiger partial charge in [0, 0.05) is 4.92 Å². The molecular weight excluding hydrogens is 156 g/mol. The van der Waals surface area contributed by atoms with E-state index >= 15 is 0 Å². The summed E-state index contributed by atoms with van der Waals surface area (Å²) in [5.41, 5.74) is 0. The zero-order valence-corrected chi connectivity index (χ0v) is 6.44. The third-order valence-electron chi connectivity index (χ3n) is 0.499. The smallest absolute Gasteiger partial charge is 0.450 e. The van der Waals surface area contributed by atoms with Crippen LogP contribution in [0.1, 0.15) is 7.43 Å². The number of carbonyl (C=O) groups is 1. The van der Waals surface area contributed by atoms with E-state index in [4.69, 9.17) is 5.11 Å². The molecule has 0 rings (SSSR count). The fraction of sp³-hybridized carbons (Fsp3) is 0.750. The molecule has 8 heteroatoms. The van der Waals surface area contributed by atoms with Crippen molar-refractivity contribution in [3.8, 4) is 0 Å². The monoisotopic (exact) mass is 165 g/mol. The first-order valence-electron chi connectivity index (χ1n) is 2.10. The van der Waals surface area contributed by atoms with Crippen molar-refractivity contribution >= 4 is 6.16 Å². The molecular formula is C4H9Li2NO5+2. The molecule has 0 aromatic heterocycles. The number of ether oxygens (including phenoxy) is 1. The van der Waals surface area contributed by atoms with Crippen LogP contribution in [0.25, 0.3) is 0 Å². The fourth-order valence-corrected chi connectivity index (χ4v) is 0.207. The third-order valence-corrected chi connectivity index (χ3v) is 0.499. The molecule has 0 aliphatic carbocycles. The predicted octanol–water partition coefficient (Wildman–Crippen LogP) is -5.40. The number of rotatable bonds is 3. The summed E-state index contributed by atoms with van der Waals surface area (Å²) in [5.74, 6) is 0. The summed E-state index contributed by atoms with van der Waals surface area (Å²) in [4.78, 5) is 18.4. The van der Waals surface area contributed by atoms with Gasteiger partial charge < -0.3 is 9.84 Å². The average Bonchev–Trinajstić information content (AvgIpc) is 1.63. The van der Waals surface area contributed by atoms with E-state index in [2.05, 4.69) is 4.74 Å². The molecule has 0 radical (unpaired) electrons. The van der Waals surface area contributed by atoms with Crippen LogP contribution in [0.2, 0.25) is 0 Å². The van der Waals surface area contributed by atoms with E-state index in [0.29, 0.717) is 0 Å². The van der Waals surface area contributed by atoms with Gasteiger partial charge >= 0.3 is 43.9 Å². The Balaban J connectivity index is -0.000000107. The molecule has 0 amide bonds. The average molecular weight is 165 g/mol. The van der Waals surface area contributed by atoms with Crippen molar-refractivity contribution in [1.29, 1.82) is 0 Å². The van der Waals surface area contributed by atoms with Crippen molar-refractivity contribution in [2.45, 2.75) is 7.43 Å². The summed E-state index contributed by atoms with van der Waals surface area (Å²) >= 11 is 0. The fourth-order valence-electron chi connectivity index (χ4n) is 0.207. The van der Waals surface area contributed by atoms with E-state index in [1.165, 1.54) is 0 Å². The van der Waals surface area contributed by atoms with Crippen molar-refractivity contribution in [1.82, 2.24) is 0 Å². The molecule has 60 valence electrons. The Kier molecular flexibility index (Phi) is 25.4. The van der Waals surface area contributed by atoms with Gasteiger partial charge in [0.1, 0.15) is 0 Å². The van der Waals surface area contributed by atoms with Gasteiger partial charge in [0.25, 0.3) is 0 Å². The zero-order chi connectivity index (χ0) is 7.28. The maximum atomic E-state index is 9.54. The Bertz CT molecular complexity index is 117. The van der Waals surface area contributed by atoms with E-state index in [0.717, 1.165) is 0 Å². The predicted molar refractivity (Wildman–Crippen MR) is 32.6 cm³/mol.